The summed E-state index contributed by atoms with van der Waals surface area (Å²) in [6.07, 6.45) is -0.0397. The third kappa shape index (κ3) is 4.28. The summed E-state index contributed by atoms with van der Waals surface area (Å²) < 4.78 is 0. The molecule has 1 aromatic rings. The fourth-order valence-electron chi connectivity index (χ4n) is 2.21. The summed E-state index contributed by atoms with van der Waals surface area (Å²) in [4.78, 5) is 24.9. The summed E-state index contributed by atoms with van der Waals surface area (Å²) in [5.41, 5.74) is 1.54. The van der Waals surface area contributed by atoms with E-state index in [0.717, 1.165) is 11.3 Å². The van der Waals surface area contributed by atoms with Gasteiger partial charge in [0, 0.05) is 18.1 Å². The van der Waals surface area contributed by atoms with E-state index in [1.807, 2.05) is 13.0 Å². The Kier molecular flexibility index (Phi) is 5.36. The summed E-state index contributed by atoms with van der Waals surface area (Å²) in [6.45, 7) is 2.45. The number of thioether (sulfide) groups is 1. The number of carboxylic acids is 1. The third-order valence-electron chi connectivity index (χ3n) is 3.26. The van der Waals surface area contributed by atoms with Gasteiger partial charge in [-0.05, 0) is 24.6 Å². The summed E-state index contributed by atoms with van der Waals surface area (Å²) in [7, 11) is 0. The van der Waals surface area contributed by atoms with Crippen molar-refractivity contribution in [3.63, 3.8) is 0 Å². The standard InChI is InChI=1S/C14H17ClN2O3S/c1-9-2-3-11(15)12(6-9)16-14(20)17-4-5-21-8-10(17)7-13(18)19/h2-3,6,10H,4-5,7-8H2,1H3,(H,16,20)(H,18,19). The van der Waals surface area contributed by atoms with Crippen molar-refractivity contribution in [1.82, 2.24) is 4.90 Å². The number of hydrogen-bond donors (Lipinski definition) is 2. The Morgan fingerprint density at radius 3 is 3.00 bits per heavy atom. The van der Waals surface area contributed by atoms with Crippen molar-refractivity contribution in [2.75, 3.05) is 23.4 Å². The topological polar surface area (TPSA) is 69.6 Å². The number of benzene rings is 1. The van der Waals surface area contributed by atoms with E-state index in [1.54, 1.807) is 28.8 Å². The van der Waals surface area contributed by atoms with E-state index >= 15 is 0 Å². The average molecular weight is 329 g/mol. The summed E-state index contributed by atoms with van der Waals surface area (Å²) in [6, 6.07) is 4.81. The third-order valence-corrected chi connectivity index (χ3v) is 4.68. The van der Waals surface area contributed by atoms with E-state index in [-0.39, 0.29) is 18.5 Å². The number of aliphatic carboxylic acids is 1. The minimum absolute atomic E-state index is 0.0397. The Hall–Kier alpha value is -1.40. The number of carbonyl (C=O) groups is 2. The molecule has 1 fully saturated rings. The Balaban J connectivity index is 2.10. The van der Waals surface area contributed by atoms with Crippen LogP contribution in [0.4, 0.5) is 10.5 Å². The van der Waals surface area contributed by atoms with Gasteiger partial charge in [0.25, 0.3) is 0 Å². The maximum absolute atomic E-state index is 12.4. The van der Waals surface area contributed by atoms with Crippen LogP contribution in [0.3, 0.4) is 0 Å². The molecular formula is C14H17ClN2O3S. The van der Waals surface area contributed by atoms with Crippen LogP contribution in [0.15, 0.2) is 18.2 Å². The maximum atomic E-state index is 12.4. The van der Waals surface area contributed by atoms with Crippen molar-refractivity contribution in [3.8, 4) is 0 Å². The number of carboxylic acid groups (broad SMARTS) is 1. The highest BCUT2D eigenvalue weighted by molar-refractivity contribution is 7.99. The average Bonchev–Trinajstić information content (AvgIpc) is 2.42. The molecule has 7 heteroatoms. The Morgan fingerprint density at radius 2 is 2.29 bits per heavy atom. The maximum Gasteiger partial charge on any atom is 0.322 e. The molecule has 1 unspecified atom stereocenters. The molecule has 1 aromatic carbocycles. The van der Waals surface area contributed by atoms with Gasteiger partial charge in [-0.3, -0.25) is 4.79 Å². The molecule has 2 rings (SSSR count). The number of hydrogen-bond acceptors (Lipinski definition) is 3. The van der Waals surface area contributed by atoms with Gasteiger partial charge in [0.05, 0.1) is 23.2 Å². The highest BCUT2D eigenvalue weighted by atomic mass is 35.5. The summed E-state index contributed by atoms with van der Waals surface area (Å²) in [5.74, 6) is 0.556. The van der Waals surface area contributed by atoms with Crippen LogP contribution in [0.2, 0.25) is 5.02 Å². The lowest BCUT2D eigenvalue weighted by Gasteiger charge is -2.34. The molecule has 0 aliphatic carbocycles. The van der Waals surface area contributed by atoms with Gasteiger partial charge in [-0.15, -0.1) is 0 Å². The van der Waals surface area contributed by atoms with E-state index in [1.165, 1.54) is 0 Å². The zero-order valence-electron chi connectivity index (χ0n) is 11.6. The SMILES string of the molecule is Cc1ccc(Cl)c(NC(=O)N2CCSCC2CC(=O)O)c1. The lowest BCUT2D eigenvalue weighted by molar-refractivity contribution is -0.137. The van der Waals surface area contributed by atoms with Gasteiger partial charge < -0.3 is 15.3 Å². The number of rotatable bonds is 3. The number of carbonyl (C=O) groups excluding carboxylic acids is 1. The smallest absolute Gasteiger partial charge is 0.322 e. The second-order valence-electron chi connectivity index (χ2n) is 4.93. The normalized spacial score (nSPS) is 18.4. The Morgan fingerprint density at radius 1 is 1.52 bits per heavy atom. The molecule has 1 saturated heterocycles. The number of anilines is 1. The van der Waals surface area contributed by atoms with Gasteiger partial charge in [-0.25, -0.2) is 4.79 Å². The fourth-order valence-corrected chi connectivity index (χ4v) is 3.44. The fraction of sp³-hybridized carbons (Fsp3) is 0.429. The summed E-state index contributed by atoms with van der Waals surface area (Å²) in [5, 5.41) is 12.2. The minimum atomic E-state index is -0.895. The minimum Gasteiger partial charge on any atom is -0.481 e. The van der Waals surface area contributed by atoms with Crippen LogP contribution in [0.25, 0.3) is 0 Å². The van der Waals surface area contributed by atoms with E-state index in [9.17, 15) is 9.59 Å². The van der Waals surface area contributed by atoms with E-state index in [4.69, 9.17) is 16.7 Å². The van der Waals surface area contributed by atoms with Crippen LogP contribution >= 0.6 is 23.4 Å². The van der Waals surface area contributed by atoms with Gasteiger partial charge in [0.1, 0.15) is 0 Å². The van der Waals surface area contributed by atoms with Crippen molar-refractivity contribution < 1.29 is 14.7 Å². The zero-order valence-corrected chi connectivity index (χ0v) is 13.2. The van der Waals surface area contributed by atoms with Crippen molar-refractivity contribution >= 4 is 41.1 Å². The van der Waals surface area contributed by atoms with Gasteiger partial charge in [-0.2, -0.15) is 11.8 Å². The van der Waals surface area contributed by atoms with E-state index in [0.29, 0.717) is 23.0 Å². The van der Waals surface area contributed by atoms with Crippen LogP contribution < -0.4 is 5.32 Å². The second kappa shape index (κ2) is 7.04. The predicted molar refractivity (Wildman–Crippen MR) is 85.3 cm³/mol. The molecule has 2 amide bonds. The first kappa shape index (κ1) is 16.0. The number of aryl methyl sites for hydroxylation is 1. The monoisotopic (exact) mass is 328 g/mol. The zero-order chi connectivity index (χ0) is 15.4. The molecule has 1 aliphatic rings. The highest BCUT2D eigenvalue weighted by Crippen LogP contribution is 2.25. The van der Waals surface area contributed by atoms with Crippen molar-refractivity contribution in [3.05, 3.63) is 28.8 Å². The van der Waals surface area contributed by atoms with Crippen LogP contribution in [0, 0.1) is 6.92 Å². The molecule has 2 N–H and O–H groups in total. The van der Waals surface area contributed by atoms with Crippen molar-refractivity contribution in [1.29, 1.82) is 0 Å². The number of urea groups is 1. The molecule has 1 aliphatic heterocycles. The molecule has 0 bridgehead atoms. The van der Waals surface area contributed by atoms with E-state index in [2.05, 4.69) is 5.32 Å². The summed E-state index contributed by atoms with van der Waals surface area (Å²) >= 11 is 7.74. The van der Waals surface area contributed by atoms with Gasteiger partial charge in [-0.1, -0.05) is 17.7 Å². The first-order valence-corrected chi connectivity index (χ1v) is 8.14. The first-order valence-electron chi connectivity index (χ1n) is 6.60. The molecule has 0 saturated carbocycles. The van der Waals surface area contributed by atoms with Gasteiger partial charge in [0.2, 0.25) is 0 Å². The van der Waals surface area contributed by atoms with Crippen LogP contribution in [-0.4, -0.2) is 46.1 Å². The molecule has 21 heavy (non-hydrogen) atoms. The molecular weight excluding hydrogens is 312 g/mol. The number of nitrogens with one attached hydrogen (secondary N) is 1. The molecule has 5 nitrogen and oxygen atoms in total. The number of amides is 2. The molecule has 114 valence electrons. The lowest BCUT2D eigenvalue weighted by Crippen LogP contribution is -2.48. The number of nitrogens with zero attached hydrogens (tertiary/aromatic N) is 1. The predicted octanol–water partition coefficient (Wildman–Crippen LogP) is 3.07. The van der Waals surface area contributed by atoms with Crippen LogP contribution in [0.5, 0.6) is 0 Å². The van der Waals surface area contributed by atoms with Crippen LogP contribution in [-0.2, 0) is 4.79 Å². The van der Waals surface area contributed by atoms with Gasteiger partial charge >= 0.3 is 12.0 Å². The molecule has 1 atom stereocenters. The number of halogens is 1. The highest BCUT2D eigenvalue weighted by Gasteiger charge is 2.29. The largest absolute Gasteiger partial charge is 0.481 e. The van der Waals surface area contributed by atoms with E-state index < -0.39 is 5.97 Å². The van der Waals surface area contributed by atoms with Gasteiger partial charge in [0.15, 0.2) is 0 Å². The quantitative estimate of drug-likeness (QED) is 0.894. The Bertz CT molecular complexity index is 553. The Labute approximate surface area is 132 Å². The molecule has 0 aromatic heterocycles. The van der Waals surface area contributed by atoms with Crippen molar-refractivity contribution in [2.24, 2.45) is 0 Å². The molecule has 0 spiro atoms. The first-order chi connectivity index (χ1) is 9.97. The second-order valence-corrected chi connectivity index (χ2v) is 6.49. The van der Waals surface area contributed by atoms with Crippen LogP contribution in [0.1, 0.15) is 12.0 Å². The molecule has 0 radical (unpaired) electrons. The lowest BCUT2D eigenvalue weighted by atomic mass is 10.2. The van der Waals surface area contributed by atoms with Crippen molar-refractivity contribution in [2.45, 2.75) is 19.4 Å². The molecule has 1 heterocycles.